The van der Waals surface area contributed by atoms with Crippen molar-refractivity contribution in [2.45, 2.75) is 20.1 Å². The normalized spacial score (nSPS) is 11.1. The van der Waals surface area contributed by atoms with Gasteiger partial charge in [-0.05, 0) is 56.9 Å². The molecule has 1 amide bonds. The van der Waals surface area contributed by atoms with Gasteiger partial charge >= 0.3 is 0 Å². The summed E-state index contributed by atoms with van der Waals surface area (Å²) in [5.74, 6) is 0.184. The van der Waals surface area contributed by atoms with Gasteiger partial charge in [-0.3, -0.25) is 4.79 Å². The fourth-order valence-corrected chi connectivity index (χ4v) is 3.30. The number of aliphatic hydroxyl groups is 1. The van der Waals surface area contributed by atoms with E-state index in [4.69, 9.17) is 27.9 Å². The molecule has 2 N–H and O–H groups in total. The highest BCUT2D eigenvalue weighted by Crippen LogP contribution is 2.25. The van der Waals surface area contributed by atoms with Gasteiger partial charge in [-0.25, -0.2) is 4.68 Å². The summed E-state index contributed by atoms with van der Waals surface area (Å²) in [6.45, 7) is 3.21. The van der Waals surface area contributed by atoms with E-state index in [9.17, 15) is 9.90 Å². The van der Waals surface area contributed by atoms with Crippen LogP contribution in [0.3, 0.4) is 0 Å². The fraction of sp³-hybridized carbons (Fsp3) is 0.318. The number of carbonyl (C=O) groups excluding carboxylic acids is 1. The Kier molecular flexibility index (Phi) is 8.09. The van der Waals surface area contributed by atoms with Crippen molar-refractivity contribution < 1.29 is 14.6 Å². The molecular weight excluding hydrogens is 453 g/mol. The second-order valence-electron chi connectivity index (χ2n) is 7.52. The molecule has 8 nitrogen and oxygen atoms in total. The number of nitrogens with zero attached hydrogens (tertiary/aromatic N) is 4. The molecule has 0 fully saturated rings. The Hall–Kier alpha value is -2.65. The summed E-state index contributed by atoms with van der Waals surface area (Å²) in [6.07, 6.45) is 0. The first-order chi connectivity index (χ1) is 15.3. The molecule has 1 aromatic heterocycles. The molecule has 0 spiro atoms. The third-order valence-corrected chi connectivity index (χ3v) is 5.54. The van der Waals surface area contributed by atoms with Gasteiger partial charge in [-0.1, -0.05) is 34.5 Å². The van der Waals surface area contributed by atoms with Crippen molar-refractivity contribution in [2.75, 3.05) is 32.6 Å². The Balaban J connectivity index is 1.69. The average molecular weight is 478 g/mol. The summed E-state index contributed by atoms with van der Waals surface area (Å²) < 4.78 is 7.34. The van der Waals surface area contributed by atoms with Crippen molar-refractivity contribution in [3.63, 3.8) is 0 Å². The van der Waals surface area contributed by atoms with Crippen molar-refractivity contribution in [3.8, 4) is 5.75 Å². The molecule has 3 rings (SSSR count). The molecule has 1 heterocycles. The summed E-state index contributed by atoms with van der Waals surface area (Å²) in [7, 11) is 3.91. The van der Waals surface area contributed by atoms with E-state index in [1.54, 1.807) is 41.9 Å². The number of likely N-dealkylation sites (N-methyl/N-ethyl adjacent to an activating group) is 1. The Bertz CT molecular complexity index is 1100. The fourth-order valence-electron chi connectivity index (χ4n) is 2.98. The van der Waals surface area contributed by atoms with Crippen LogP contribution in [0.2, 0.25) is 10.0 Å². The Morgan fingerprint density at radius 2 is 1.97 bits per heavy atom. The number of aliphatic hydroxyl groups excluding tert-OH is 1. The van der Waals surface area contributed by atoms with Crippen LogP contribution in [0.5, 0.6) is 5.75 Å². The first-order valence-corrected chi connectivity index (χ1v) is 10.7. The molecule has 0 aliphatic carbocycles. The minimum atomic E-state index is -0.395. The third kappa shape index (κ3) is 5.98. The molecule has 0 saturated heterocycles. The highest BCUT2D eigenvalue weighted by Gasteiger charge is 2.18. The van der Waals surface area contributed by atoms with E-state index in [1.165, 1.54) is 0 Å². The summed E-state index contributed by atoms with van der Waals surface area (Å²) in [5.41, 5.74) is 2.82. The number of benzene rings is 2. The maximum Gasteiger partial charge on any atom is 0.278 e. The van der Waals surface area contributed by atoms with Crippen molar-refractivity contribution in [1.82, 2.24) is 19.9 Å². The largest absolute Gasteiger partial charge is 0.492 e. The zero-order valence-electron chi connectivity index (χ0n) is 18.1. The Morgan fingerprint density at radius 1 is 1.19 bits per heavy atom. The van der Waals surface area contributed by atoms with E-state index in [1.807, 2.05) is 25.1 Å². The lowest BCUT2D eigenvalue weighted by atomic mass is 10.2. The number of amides is 1. The molecule has 0 bridgehead atoms. The number of hydrogen-bond acceptors (Lipinski definition) is 6. The van der Waals surface area contributed by atoms with Crippen LogP contribution < -0.4 is 10.1 Å². The molecule has 0 atom stereocenters. The van der Waals surface area contributed by atoms with Crippen molar-refractivity contribution >= 4 is 34.8 Å². The van der Waals surface area contributed by atoms with Crippen LogP contribution in [0.1, 0.15) is 27.3 Å². The van der Waals surface area contributed by atoms with E-state index < -0.39 is 5.91 Å². The number of rotatable bonds is 9. The molecule has 3 aromatic rings. The molecule has 170 valence electrons. The summed E-state index contributed by atoms with van der Waals surface area (Å²) in [6, 6.07) is 10.4. The number of aromatic nitrogens is 3. The zero-order chi connectivity index (χ0) is 23.3. The highest BCUT2D eigenvalue weighted by molar-refractivity contribution is 6.42. The summed E-state index contributed by atoms with van der Waals surface area (Å²) in [4.78, 5) is 14.8. The molecule has 2 aromatic carbocycles. The zero-order valence-corrected chi connectivity index (χ0v) is 19.6. The predicted molar refractivity (Wildman–Crippen MR) is 125 cm³/mol. The van der Waals surface area contributed by atoms with Gasteiger partial charge in [0, 0.05) is 17.8 Å². The molecule has 0 aliphatic heterocycles. The van der Waals surface area contributed by atoms with E-state index >= 15 is 0 Å². The smallest absolute Gasteiger partial charge is 0.278 e. The lowest BCUT2D eigenvalue weighted by Crippen LogP contribution is -2.20. The van der Waals surface area contributed by atoms with Gasteiger partial charge in [-0.2, -0.15) is 0 Å². The topological polar surface area (TPSA) is 92.5 Å². The first kappa shape index (κ1) is 24.0. The molecule has 0 unspecified atom stereocenters. The van der Waals surface area contributed by atoms with E-state index in [-0.39, 0.29) is 12.3 Å². The third-order valence-electron chi connectivity index (χ3n) is 4.80. The lowest BCUT2D eigenvalue weighted by Gasteiger charge is -2.14. The quantitative estimate of drug-likeness (QED) is 0.488. The number of hydrogen-bond donors (Lipinski definition) is 2. The second kappa shape index (κ2) is 10.8. The molecule has 0 radical (unpaired) electrons. The number of carbonyl (C=O) groups is 1. The van der Waals surface area contributed by atoms with Gasteiger partial charge < -0.3 is 20.1 Å². The van der Waals surface area contributed by atoms with E-state index in [0.717, 1.165) is 12.1 Å². The van der Waals surface area contributed by atoms with Gasteiger partial charge in [0.15, 0.2) is 5.69 Å². The first-order valence-electron chi connectivity index (χ1n) is 9.95. The maximum atomic E-state index is 12.8. The molecule has 0 aliphatic rings. The lowest BCUT2D eigenvalue weighted by molar-refractivity contribution is 0.102. The summed E-state index contributed by atoms with van der Waals surface area (Å²) >= 11 is 12.0. The number of anilines is 1. The second-order valence-corrected chi connectivity index (χ2v) is 8.33. The van der Waals surface area contributed by atoms with Gasteiger partial charge in [0.1, 0.15) is 12.4 Å². The van der Waals surface area contributed by atoms with Gasteiger partial charge in [0.25, 0.3) is 5.91 Å². The predicted octanol–water partition coefficient (Wildman–Crippen LogP) is 3.63. The standard InChI is InChI=1S/C22H25Cl2N5O3/c1-14-21(26-27-29(14)12-15-4-6-18(23)19(24)10-15)22(31)25-17-5-7-20(16(11-17)13-30)32-9-8-28(2)3/h4-7,10-11,30H,8-9,12-13H2,1-3H3,(H,25,31). The highest BCUT2D eigenvalue weighted by atomic mass is 35.5. The van der Waals surface area contributed by atoms with Crippen molar-refractivity contribution in [2.24, 2.45) is 0 Å². The van der Waals surface area contributed by atoms with Crippen LogP contribution in [0, 0.1) is 6.92 Å². The van der Waals surface area contributed by atoms with Crippen LogP contribution in [-0.4, -0.2) is 58.2 Å². The molecular formula is C22H25Cl2N5O3. The van der Waals surface area contributed by atoms with Crippen molar-refractivity contribution in [3.05, 3.63) is 69.0 Å². The van der Waals surface area contributed by atoms with Crippen molar-refractivity contribution in [1.29, 1.82) is 0 Å². The molecule has 0 saturated carbocycles. The van der Waals surface area contributed by atoms with Crippen LogP contribution in [-0.2, 0) is 13.2 Å². The SMILES string of the molecule is Cc1c(C(=O)Nc2ccc(OCCN(C)C)c(CO)c2)nnn1Cc1ccc(Cl)c(Cl)c1. The van der Waals surface area contributed by atoms with Crippen LogP contribution in [0.4, 0.5) is 5.69 Å². The van der Waals surface area contributed by atoms with Gasteiger partial charge in [-0.15, -0.1) is 5.10 Å². The molecule has 10 heteroatoms. The number of ether oxygens (including phenoxy) is 1. The van der Waals surface area contributed by atoms with Gasteiger partial charge in [0.2, 0.25) is 0 Å². The maximum absolute atomic E-state index is 12.8. The monoisotopic (exact) mass is 477 g/mol. The minimum absolute atomic E-state index is 0.208. The average Bonchev–Trinajstić information content (AvgIpc) is 3.11. The van der Waals surface area contributed by atoms with Crippen LogP contribution in [0.15, 0.2) is 36.4 Å². The van der Waals surface area contributed by atoms with E-state index in [2.05, 4.69) is 15.6 Å². The van der Waals surface area contributed by atoms with Crippen LogP contribution >= 0.6 is 23.2 Å². The Labute approximate surface area is 196 Å². The number of halogens is 2. The summed E-state index contributed by atoms with van der Waals surface area (Å²) in [5, 5.41) is 21.5. The van der Waals surface area contributed by atoms with Gasteiger partial charge in [0.05, 0.1) is 28.9 Å². The molecule has 32 heavy (non-hydrogen) atoms. The van der Waals surface area contributed by atoms with E-state index in [0.29, 0.717) is 45.9 Å². The minimum Gasteiger partial charge on any atom is -0.492 e. The van der Waals surface area contributed by atoms with Crippen LogP contribution in [0.25, 0.3) is 0 Å². The number of nitrogens with one attached hydrogen (secondary N) is 1. The Morgan fingerprint density at radius 3 is 2.66 bits per heavy atom.